The largest absolute Gasteiger partial charge is 0.377 e. The van der Waals surface area contributed by atoms with Crippen molar-refractivity contribution in [1.29, 1.82) is 0 Å². The van der Waals surface area contributed by atoms with Gasteiger partial charge in [-0.1, -0.05) is 34.1 Å². The molecule has 0 saturated heterocycles. The van der Waals surface area contributed by atoms with Crippen LogP contribution in [0, 0.1) is 6.92 Å². The van der Waals surface area contributed by atoms with Gasteiger partial charge in [-0.25, -0.2) is 4.98 Å². The average Bonchev–Trinajstić information content (AvgIpc) is 2.76. The summed E-state index contributed by atoms with van der Waals surface area (Å²) in [5.74, 6) is 0.951. The average molecular weight is 513 g/mol. The molecule has 0 atom stereocenters. The zero-order valence-corrected chi connectivity index (χ0v) is 21.2. The first-order valence-electron chi connectivity index (χ1n) is 11.1. The third kappa shape index (κ3) is 5.51. The number of nitrogens with one attached hydrogen (secondary N) is 3. The number of benzene rings is 2. The van der Waals surface area contributed by atoms with Crippen molar-refractivity contribution < 1.29 is 0 Å². The fraction of sp³-hybridized carbons (Fsp3) is 0.360. The second kappa shape index (κ2) is 10.0. The molecule has 1 saturated carbocycles. The quantitative estimate of drug-likeness (QED) is 0.360. The molecule has 168 valence electrons. The molecular weight excluding hydrogens is 482 g/mol. The van der Waals surface area contributed by atoms with E-state index >= 15 is 0 Å². The Balaban J connectivity index is 1.32. The second-order valence-electron chi connectivity index (χ2n) is 8.69. The summed E-state index contributed by atoms with van der Waals surface area (Å²) in [6, 6.07) is 17.5. The molecule has 1 fully saturated rings. The predicted molar refractivity (Wildman–Crippen MR) is 144 cm³/mol. The third-order valence-corrected chi connectivity index (χ3v) is 6.74. The Bertz CT molecular complexity index is 1110. The fourth-order valence-electron chi connectivity index (χ4n) is 4.30. The number of hydrogen-bond donors (Lipinski definition) is 3. The van der Waals surface area contributed by atoms with Gasteiger partial charge in [-0.15, -0.1) is 0 Å². The maximum Gasteiger partial charge on any atom is 0.171 e. The number of anilines is 3. The van der Waals surface area contributed by atoms with Crippen LogP contribution < -0.4 is 20.9 Å². The molecule has 3 aromatic rings. The van der Waals surface area contributed by atoms with Gasteiger partial charge in [-0.05, 0) is 74.7 Å². The summed E-state index contributed by atoms with van der Waals surface area (Å²) in [7, 11) is 4.16. The summed E-state index contributed by atoms with van der Waals surface area (Å²) in [5.41, 5.74) is 4.42. The first-order valence-corrected chi connectivity index (χ1v) is 12.3. The first-order chi connectivity index (χ1) is 15.4. The van der Waals surface area contributed by atoms with E-state index in [1.165, 1.54) is 11.1 Å². The van der Waals surface area contributed by atoms with Crippen LogP contribution in [0.5, 0.6) is 0 Å². The van der Waals surface area contributed by atoms with Gasteiger partial charge in [0.2, 0.25) is 0 Å². The van der Waals surface area contributed by atoms with E-state index in [9.17, 15) is 0 Å². The van der Waals surface area contributed by atoms with Gasteiger partial charge in [0.25, 0.3) is 0 Å². The highest BCUT2D eigenvalue weighted by molar-refractivity contribution is 9.10. The summed E-state index contributed by atoms with van der Waals surface area (Å²) in [6.45, 7) is 2.08. The van der Waals surface area contributed by atoms with E-state index < -0.39 is 0 Å². The topological polar surface area (TPSA) is 52.2 Å². The van der Waals surface area contributed by atoms with Gasteiger partial charge in [0.15, 0.2) is 5.11 Å². The van der Waals surface area contributed by atoms with Crippen molar-refractivity contribution in [3.8, 4) is 0 Å². The Morgan fingerprint density at radius 2 is 1.75 bits per heavy atom. The minimum absolute atomic E-state index is 0.394. The lowest BCUT2D eigenvalue weighted by Crippen LogP contribution is -2.42. The monoisotopic (exact) mass is 511 g/mol. The molecule has 0 amide bonds. The van der Waals surface area contributed by atoms with Crippen LogP contribution in [0.3, 0.4) is 0 Å². The van der Waals surface area contributed by atoms with Crippen LogP contribution in [0.1, 0.15) is 31.2 Å². The van der Waals surface area contributed by atoms with Crippen molar-refractivity contribution in [3.05, 3.63) is 58.6 Å². The number of thiocarbonyl (C=S) groups is 1. The number of rotatable bonds is 5. The molecule has 3 N–H and O–H groups in total. The van der Waals surface area contributed by atoms with Crippen LogP contribution >= 0.6 is 28.1 Å². The molecular formula is C25H30BrN5S. The molecule has 0 bridgehead atoms. The summed E-state index contributed by atoms with van der Waals surface area (Å²) in [6.07, 6.45) is 4.33. The molecule has 0 aliphatic heterocycles. The normalized spacial score (nSPS) is 18.2. The molecule has 1 aromatic heterocycles. The summed E-state index contributed by atoms with van der Waals surface area (Å²) < 4.78 is 1.07. The standard InChI is InChI=1S/C25H30BrN5S/c1-16-14-17(26)8-13-21(16)30-25(32)28-19-11-9-18(10-12-19)27-24-15-23(31(2)3)20-6-4-5-7-22(20)29-24/h4-8,13-15,18-19H,9-12H2,1-3H3,(H,27,29)(H2,28,30,32). The Hall–Kier alpha value is -2.38. The van der Waals surface area contributed by atoms with E-state index in [0.29, 0.717) is 17.2 Å². The van der Waals surface area contributed by atoms with Crippen molar-refractivity contribution >= 4 is 61.4 Å². The highest BCUT2D eigenvalue weighted by Gasteiger charge is 2.22. The molecule has 0 spiro atoms. The van der Waals surface area contributed by atoms with Crippen molar-refractivity contribution in [2.75, 3.05) is 29.6 Å². The molecule has 1 heterocycles. The van der Waals surface area contributed by atoms with Crippen LogP contribution in [-0.2, 0) is 0 Å². The lowest BCUT2D eigenvalue weighted by Gasteiger charge is -2.31. The van der Waals surface area contributed by atoms with Gasteiger partial charge < -0.3 is 20.9 Å². The van der Waals surface area contributed by atoms with E-state index in [-0.39, 0.29) is 0 Å². The van der Waals surface area contributed by atoms with Gasteiger partial charge in [0.1, 0.15) is 5.82 Å². The number of halogens is 1. The lowest BCUT2D eigenvalue weighted by atomic mass is 9.91. The molecule has 2 aromatic carbocycles. The highest BCUT2D eigenvalue weighted by atomic mass is 79.9. The smallest absolute Gasteiger partial charge is 0.171 e. The highest BCUT2D eigenvalue weighted by Crippen LogP contribution is 2.29. The van der Waals surface area contributed by atoms with E-state index in [2.05, 4.69) is 88.1 Å². The van der Waals surface area contributed by atoms with Crippen LogP contribution in [0.25, 0.3) is 10.9 Å². The SMILES string of the molecule is Cc1cc(Br)ccc1NC(=S)NC1CCC(Nc2cc(N(C)C)c3ccccc3n2)CC1. The van der Waals surface area contributed by atoms with Gasteiger partial charge in [0, 0.05) is 53.5 Å². The lowest BCUT2D eigenvalue weighted by molar-refractivity contribution is 0.388. The molecule has 1 aliphatic carbocycles. The minimum Gasteiger partial charge on any atom is -0.377 e. The number of hydrogen-bond acceptors (Lipinski definition) is 4. The second-order valence-corrected chi connectivity index (χ2v) is 10.0. The molecule has 5 nitrogen and oxygen atoms in total. The summed E-state index contributed by atoms with van der Waals surface area (Å²) in [5, 5.41) is 12.4. The maximum absolute atomic E-state index is 5.56. The van der Waals surface area contributed by atoms with Crippen molar-refractivity contribution in [2.24, 2.45) is 0 Å². The number of nitrogens with zero attached hydrogens (tertiary/aromatic N) is 2. The van der Waals surface area contributed by atoms with Crippen LogP contribution in [0.2, 0.25) is 0 Å². The van der Waals surface area contributed by atoms with Gasteiger partial charge in [-0.3, -0.25) is 0 Å². The Kier molecular flexibility index (Phi) is 7.16. The number of para-hydroxylation sites is 1. The predicted octanol–water partition coefficient (Wildman–Crippen LogP) is 6.08. The molecule has 0 radical (unpaired) electrons. The van der Waals surface area contributed by atoms with Crippen molar-refractivity contribution in [1.82, 2.24) is 10.3 Å². The Labute approximate surface area is 204 Å². The van der Waals surface area contributed by atoms with E-state index in [0.717, 1.165) is 52.7 Å². The van der Waals surface area contributed by atoms with Gasteiger partial charge in [-0.2, -0.15) is 0 Å². The van der Waals surface area contributed by atoms with E-state index in [1.54, 1.807) is 0 Å². The molecule has 1 aliphatic rings. The van der Waals surface area contributed by atoms with Crippen LogP contribution in [0.4, 0.5) is 17.2 Å². The number of aryl methyl sites for hydroxylation is 1. The summed E-state index contributed by atoms with van der Waals surface area (Å²) >= 11 is 9.07. The Morgan fingerprint density at radius 1 is 1.03 bits per heavy atom. The molecule has 7 heteroatoms. The van der Waals surface area contributed by atoms with Crippen LogP contribution in [-0.4, -0.2) is 36.3 Å². The first kappa shape index (κ1) is 22.8. The van der Waals surface area contributed by atoms with Gasteiger partial charge >= 0.3 is 0 Å². The number of pyridine rings is 1. The van der Waals surface area contributed by atoms with Crippen molar-refractivity contribution in [3.63, 3.8) is 0 Å². The minimum atomic E-state index is 0.394. The Morgan fingerprint density at radius 3 is 2.47 bits per heavy atom. The molecule has 4 rings (SSSR count). The van der Waals surface area contributed by atoms with Crippen LogP contribution in [0.15, 0.2) is 53.0 Å². The molecule has 0 unspecified atom stereocenters. The van der Waals surface area contributed by atoms with E-state index in [1.807, 2.05) is 18.2 Å². The van der Waals surface area contributed by atoms with Gasteiger partial charge in [0.05, 0.1) is 5.52 Å². The van der Waals surface area contributed by atoms with E-state index in [4.69, 9.17) is 17.2 Å². The third-order valence-electron chi connectivity index (χ3n) is 6.03. The fourth-order valence-corrected chi connectivity index (χ4v) is 5.06. The molecule has 32 heavy (non-hydrogen) atoms. The zero-order chi connectivity index (χ0) is 22.7. The zero-order valence-electron chi connectivity index (χ0n) is 18.8. The summed E-state index contributed by atoms with van der Waals surface area (Å²) in [4.78, 5) is 7.00. The number of aromatic nitrogens is 1. The number of fused-ring (bicyclic) bond motifs is 1. The maximum atomic E-state index is 5.56. The van der Waals surface area contributed by atoms with Crippen molar-refractivity contribution in [2.45, 2.75) is 44.7 Å².